The first-order valence-corrected chi connectivity index (χ1v) is 13.2. The van der Waals surface area contributed by atoms with Gasteiger partial charge in [0.25, 0.3) is 11.8 Å². The van der Waals surface area contributed by atoms with Gasteiger partial charge < -0.3 is 20.4 Å². The van der Waals surface area contributed by atoms with Crippen molar-refractivity contribution in [1.29, 1.82) is 0 Å². The molecule has 0 bridgehead atoms. The smallest absolute Gasteiger partial charge is 0.420 e. The molecule has 12 heteroatoms. The number of amides is 2. The van der Waals surface area contributed by atoms with Crippen LogP contribution in [0.15, 0.2) is 87.6 Å². The van der Waals surface area contributed by atoms with Crippen molar-refractivity contribution >= 4 is 29.5 Å². The number of aliphatic imine (C=N–C) groups is 1. The number of hydrogen-bond acceptors (Lipinski definition) is 5. The molecule has 1 fully saturated rings. The van der Waals surface area contributed by atoms with Gasteiger partial charge in [-0.05, 0) is 61.2 Å². The Morgan fingerprint density at radius 2 is 1.74 bits per heavy atom. The van der Waals surface area contributed by atoms with E-state index in [2.05, 4.69) is 17.0 Å². The molecule has 1 aliphatic rings. The van der Waals surface area contributed by atoms with E-state index in [4.69, 9.17) is 10.2 Å². The van der Waals surface area contributed by atoms with Crippen molar-refractivity contribution in [3.8, 4) is 11.1 Å². The Kier molecular flexibility index (Phi) is 9.17. The number of halogens is 5. The van der Waals surface area contributed by atoms with Crippen LogP contribution in [0.2, 0.25) is 0 Å². The molecule has 0 saturated carbocycles. The number of hydrogen-bond donors (Lipinski definition) is 2. The van der Waals surface area contributed by atoms with Crippen LogP contribution >= 0.6 is 0 Å². The summed E-state index contributed by atoms with van der Waals surface area (Å²) in [5.74, 6) is -3.37. The molecule has 4 rings (SSSR count). The molecule has 0 atom stereocenters. The highest BCUT2D eigenvalue weighted by Crippen LogP contribution is 2.39. The number of piperidine rings is 1. The van der Waals surface area contributed by atoms with Crippen LogP contribution in [0.1, 0.15) is 41.4 Å². The monoisotopic (exact) mass is 600 g/mol. The molecule has 3 N–H and O–H groups in total. The van der Waals surface area contributed by atoms with Gasteiger partial charge in [-0.15, -0.1) is 0 Å². The lowest BCUT2D eigenvalue weighted by Crippen LogP contribution is -2.42. The normalized spacial score (nSPS) is 16.1. The first kappa shape index (κ1) is 31.2. The third-order valence-corrected chi connectivity index (χ3v) is 6.85. The molecule has 0 spiro atoms. The first-order valence-electron chi connectivity index (χ1n) is 13.2. The second-order valence-electron chi connectivity index (χ2n) is 10.1. The third-order valence-electron chi connectivity index (χ3n) is 6.85. The number of nitrogens with two attached hydrogens (primary N) is 1. The van der Waals surface area contributed by atoms with Crippen LogP contribution in [-0.2, 0) is 17.5 Å². The van der Waals surface area contributed by atoms with Gasteiger partial charge in [-0.3, -0.25) is 9.59 Å². The number of alkyl halides is 5. The van der Waals surface area contributed by atoms with Crippen LogP contribution in [0, 0.1) is 0 Å². The molecular weight excluding hydrogens is 571 g/mol. The Hall–Kier alpha value is -4.74. The van der Waals surface area contributed by atoms with Crippen LogP contribution in [0.5, 0.6) is 0 Å². The third kappa shape index (κ3) is 7.97. The number of carbonyl (C=O) groups is 2. The van der Waals surface area contributed by atoms with Crippen LogP contribution in [0.4, 0.5) is 22.0 Å². The van der Waals surface area contributed by atoms with E-state index in [9.17, 15) is 31.5 Å². The maximum absolute atomic E-state index is 14.0. The highest BCUT2D eigenvalue weighted by Gasteiger charge is 2.36. The van der Waals surface area contributed by atoms with Gasteiger partial charge in [0.05, 0.1) is 12.1 Å². The number of rotatable bonds is 8. The summed E-state index contributed by atoms with van der Waals surface area (Å²) in [4.78, 5) is 29.8. The molecule has 2 amide bonds. The molecule has 3 aromatic rings. The van der Waals surface area contributed by atoms with Gasteiger partial charge in [-0.2, -0.15) is 13.2 Å². The summed E-state index contributed by atoms with van der Waals surface area (Å²) in [6, 6.07) is 9.84. The minimum atomic E-state index is -4.73. The van der Waals surface area contributed by atoms with E-state index in [1.807, 2.05) is 0 Å². The van der Waals surface area contributed by atoms with E-state index in [0.29, 0.717) is 11.1 Å². The van der Waals surface area contributed by atoms with Crippen LogP contribution in [0.25, 0.3) is 22.1 Å². The lowest BCUT2D eigenvalue weighted by molar-refractivity contribution is -0.136. The fraction of sp³-hybridized carbons (Fsp3) is 0.258. The molecule has 0 radical (unpaired) electrons. The Bertz CT molecular complexity index is 1610. The van der Waals surface area contributed by atoms with Crippen LogP contribution < -0.4 is 11.1 Å². The van der Waals surface area contributed by atoms with Crippen molar-refractivity contribution < 1.29 is 36.0 Å². The van der Waals surface area contributed by atoms with E-state index in [1.165, 1.54) is 59.5 Å². The van der Waals surface area contributed by atoms with Gasteiger partial charge in [0.15, 0.2) is 0 Å². The number of nitrogens with zero attached hydrogens (tertiary/aromatic N) is 2. The largest absolute Gasteiger partial charge is 0.459 e. The molecule has 7 nitrogen and oxygen atoms in total. The maximum Gasteiger partial charge on any atom is 0.420 e. The molecule has 0 unspecified atom stereocenters. The predicted octanol–water partition coefficient (Wildman–Crippen LogP) is 6.61. The zero-order chi connectivity index (χ0) is 31.4. The fourth-order valence-electron chi connectivity index (χ4n) is 4.46. The SMILES string of the molecule is C=N\C(N)=C/C=C(C)/C=C/C(=O)NCc1cc2cc(-c3ccc(C(=O)N4CCC(F)(F)CC4)cc3)cc(C(F)(F)F)c2o1. The first-order chi connectivity index (χ1) is 20.3. The molecule has 1 aromatic heterocycles. The molecule has 1 saturated heterocycles. The topological polar surface area (TPSA) is 101 Å². The van der Waals surface area contributed by atoms with E-state index < -0.39 is 42.3 Å². The van der Waals surface area contributed by atoms with Crippen molar-refractivity contribution in [2.45, 2.75) is 38.4 Å². The van der Waals surface area contributed by atoms with Crippen molar-refractivity contribution in [1.82, 2.24) is 10.2 Å². The van der Waals surface area contributed by atoms with Crippen LogP contribution in [0.3, 0.4) is 0 Å². The van der Waals surface area contributed by atoms with Gasteiger partial charge in [0.1, 0.15) is 17.2 Å². The summed E-state index contributed by atoms with van der Waals surface area (Å²) in [6.07, 6.45) is 0.373. The average Bonchev–Trinajstić information content (AvgIpc) is 3.39. The number of benzene rings is 2. The molecular formula is C31H29F5N4O3. The number of carbonyl (C=O) groups excluding carboxylic acids is 2. The lowest BCUT2D eigenvalue weighted by atomic mass is 9.98. The molecule has 1 aliphatic heterocycles. The van der Waals surface area contributed by atoms with Gasteiger partial charge in [0, 0.05) is 43.0 Å². The standard InChI is InChI=1S/C31H29F5N4O3/c1-19(3-9-26(37)38-2)4-10-27(41)39-18-24-16-23-15-22(17-25(28(23)43-24)31(34,35)36)20-5-7-21(8-6-20)29(42)40-13-11-30(32,33)12-14-40/h3-10,15-17H,2,11-14,18,37H2,1H3,(H,39,41)/b10-4+,19-3+,26-9-. The van der Waals surface area contributed by atoms with E-state index in [-0.39, 0.29) is 53.3 Å². The Labute approximate surface area is 244 Å². The van der Waals surface area contributed by atoms with Gasteiger partial charge in [0.2, 0.25) is 5.91 Å². The Balaban J connectivity index is 1.51. The number of nitrogens with one attached hydrogen (secondary N) is 1. The van der Waals surface area contributed by atoms with Crippen molar-refractivity contribution in [2.24, 2.45) is 10.7 Å². The minimum Gasteiger partial charge on any atom is -0.459 e. The maximum atomic E-state index is 14.0. The average molecular weight is 601 g/mol. The second kappa shape index (κ2) is 12.6. The summed E-state index contributed by atoms with van der Waals surface area (Å²) in [7, 11) is 0. The predicted molar refractivity (Wildman–Crippen MR) is 153 cm³/mol. The molecule has 0 aliphatic carbocycles. The van der Waals surface area contributed by atoms with Crippen molar-refractivity contribution in [3.05, 3.63) is 95.0 Å². The second-order valence-corrected chi connectivity index (χ2v) is 10.1. The zero-order valence-corrected chi connectivity index (χ0v) is 23.2. The zero-order valence-electron chi connectivity index (χ0n) is 23.2. The molecule has 2 heterocycles. The molecule has 2 aromatic carbocycles. The Morgan fingerprint density at radius 1 is 1.07 bits per heavy atom. The molecule has 43 heavy (non-hydrogen) atoms. The number of fused-ring (bicyclic) bond motifs is 1. The summed E-state index contributed by atoms with van der Waals surface area (Å²) >= 11 is 0. The van der Waals surface area contributed by atoms with Crippen molar-refractivity contribution in [3.63, 3.8) is 0 Å². The van der Waals surface area contributed by atoms with Gasteiger partial charge >= 0.3 is 6.18 Å². The van der Waals surface area contributed by atoms with E-state index in [0.717, 1.165) is 6.07 Å². The number of furan rings is 1. The molecule has 226 valence electrons. The summed E-state index contributed by atoms with van der Waals surface area (Å²) in [5, 5.41) is 2.75. The summed E-state index contributed by atoms with van der Waals surface area (Å²) < 4.78 is 74.4. The van der Waals surface area contributed by atoms with E-state index in [1.54, 1.807) is 13.0 Å². The Morgan fingerprint density at radius 3 is 2.37 bits per heavy atom. The van der Waals surface area contributed by atoms with E-state index >= 15 is 0 Å². The summed E-state index contributed by atoms with van der Waals surface area (Å²) in [6.45, 7) is 4.72. The van der Waals surface area contributed by atoms with Gasteiger partial charge in [-0.25, -0.2) is 13.8 Å². The van der Waals surface area contributed by atoms with Crippen LogP contribution in [-0.4, -0.2) is 42.4 Å². The highest BCUT2D eigenvalue weighted by molar-refractivity contribution is 5.95. The van der Waals surface area contributed by atoms with Gasteiger partial charge in [-0.1, -0.05) is 29.9 Å². The highest BCUT2D eigenvalue weighted by atomic mass is 19.4. The quantitative estimate of drug-likeness (QED) is 0.132. The lowest BCUT2D eigenvalue weighted by Gasteiger charge is -2.31. The summed E-state index contributed by atoms with van der Waals surface area (Å²) in [5.41, 5.74) is 5.76. The van der Waals surface area contributed by atoms with Crippen molar-refractivity contribution in [2.75, 3.05) is 13.1 Å². The minimum absolute atomic E-state index is 0.0728. The fourth-order valence-corrected chi connectivity index (χ4v) is 4.46. The number of allylic oxidation sites excluding steroid dienone is 4. The number of likely N-dealkylation sites (tertiary alicyclic amines) is 1.